The lowest BCUT2D eigenvalue weighted by Gasteiger charge is -2.10. The number of rotatable bonds is 4. The van der Waals surface area contributed by atoms with Crippen LogP contribution >= 0.6 is 0 Å². The highest BCUT2D eigenvalue weighted by molar-refractivity contribution is 5.79. The van der Waals surface area contributed by atoms with E-state index in [0.29, 0.717) is 12.3 Å². The van der Waals surface area contributed by atoms with Gasteiger partial charge in [-0.15, -0.1) is 5.10 Å². The summed E-state index contributed by atoms with van der Waals surface area (Å²) in [6, 6.07) is 3.75. The predicted molar refractivity (Wildman–Crippen MR) is 84.5 cm³/mol. The molecular formula is C15H17N7O. The van der Waals surface area contributed by atoms with Crippen molar-refractivity contribution in [3.63, 3.8) is 0 Å². The van der Waals surface area contributed by atoms with Crippen molar-refractivity contribution in [1.82, 2.24) is 29.9 Å². The number of hydrogen-bond donors (Lipinski definition) is 2. The Morgan fingerprint density at radius 2 is 2.17 bits per heavy atom. The fourth-order valence-corrected chi connectivity index (χ4v) is 2.41. The molecule has 3 N–H and O–H groups in total. The molecule has 0 spiro atoms. The molecule has 1 amide bonds. The van der Waals surface area contributed by atoms with Gasteiger partial charge in [-0.05, 0) is 25.5 Å². The lowest BCUT2D eigenvalue weighted by molar-refractivity contribution is -0.120. The van der Waals surface area contributed by atoms with Crippen LogP contribution < -0.4 is 11.1 Å². The molecule has 0 radical (unpaired) electrons. The zero-order valence-corrected chi connectivity index (χ0v) is 12.9. The van der Waals surface area contributed by atoms with E-state index in [2.05, 4.69) is 25.4 Å². The quantitative estimate of drug-likeness (QED) is 0.729. The Labute approximate surface area is 132 Å². The maximum Gasteiger partial charge on any atom is 0.254 e. The predicted octanol–water partition coefficient (Wildman–Crippen LogP) is 0.577. The van der Waals surface area contributed by atoms with E-state index in [0.717, 1.165) is 22.5 Å². The number of anilines is 1. The van der Waals surface area contributed by atoms with Crippen LogP contribution in [0.4, 0.5) is 5.95 Å². The van der Waals surface area contributed by atoms with Crippen molar-refractivity contribution in [2.75, 3.05) is 5.73 Å². The highest BCUT2D eigenvalue weighted by Crippen LogP contribution is 2.14. The van der Waals surface area contributed by atoms with Crippen LogP contribution in [0.2, 0.25) is 0 Å². The molecule has 0 aliphatic rings. The number of aryl methyl sites for hydroxylation is 2. The number of aromatic nitrogens is 5. The van der Waals surface area contributed by atoms with Gasteiger partial charge >= 0.3 is 0 Å². The number of nitrogens with one attached hydrogen (secondary N) is 1. The minimum atomic E-state index is -0.0886. The maximum atomic E-state index is 12.2. The molecule has 0 saturated heterocycles. The minimum absolute atomic E-state index is 0.0886. The van der Waals surface area contributed by atoms with Gasteiger partial charge in [-0.2, -0.15) is 9.50 Å². The van der Waals surface area contributed by atoms with E-state index in [-0.39, 0.29) is 18.3 Å². The van der Waals surface area contributed by atoms with Crippen LogP contribution in [0.5, 0.6) is 0 Å². The second-order valence-electron chi connectivity index (χ2n) is 5.26. The molecule has 8 nitrogen and oxygen atoms in total. The first-order valence-electron chi connectivity index (χ1n) is 7.18. The lowest BCUT2D eigenvalue weighted by Crippen LogP contribution is -2.26. The lowest BCUT2D eigenvalue weighted by atomic mass is 10.1. The van der Waals surface area contributed by atoms with Gasteiger partial charge < -0.3 is 11.1 Å². The highest BCUT2D eigenvalue weighted by Gasteiger charge is 2.15. The van der Waals surface area contributed by atoms with E-state index >= 15 is 0 Å². The molecule has 0 atom stereocenters. The Bertz CT molecular complexity index is 857. The van der Waals surface area contributed by atoms with E-state index in [4.69, 9.17) is 5.73 Å². The van der Waals surface area contributed by atoms with Gasteiger partial charge in [0.1, 0.15) is 0 Å². The molecule has 3 rings (SSSR count). The van der Waals surface area contributed by atoms with Gasteiger partial charge in [-0.3, -0.25) is 9.78 Å². The average molecular weight is 311 g/mol. The maximum absolute atomic E-state index is 12.2. The third-order valence-corrected chi connectivity index (χ3v) is 3.62. The molecule has 0 saturated carbocycles. The van der Waals surface area contributed by atoms with Crippen LogP contribution in [0, 0.1) is 13.8 Å². The monoisotopic (exact) mass is 311 g/mol. The summed E-state index contributed by atoms with van der Waals surface area (Å²) < 4.78 is 1.56. The minimum Gasteiger partial charge on any atom is -0.366 e. The van der Waals surface area contributed by atoms with Crippen LogP contribution in [0.1, 0.15) is 22.5 Å². The number of pyridine rings is 1. The third-order valence-electron chi connectivity index (χ3n) is 3.62. The van der Waals surface area contributed by atoms with Gasteiger partial charge in [0.05, 0.1) is 6.42 Å². The number of amides is 1. The molecule has 0 fully saturated rings. The second kappa shape index (κ2) is 5.99. The third kappa shape index (κ3) is 3.10. The molecule has 0 aromatic carbocycles. The van der Waals surface area contributed by atoms with Gasteiger partial charge in [-0.1, -0.05) is 6.07 Å². The molecule has 3 aromatic heterocycles. The summed E-state index contributed by atoms with van der Waals surface area (Å²) in [5.41, 5.74) is 8.94. The number of nitrogen functional groups attached to an aromatic ring is 1. The molecule has 0 aliphatic heterocycles. The zero-order chi connectivity index (χ0) is 16.4. The normalized spacial score (nSPS) is 10.9. The van der Waals surface area contributed by atoms with Gasteiger partial charge in [0, 0.05) is 35.9 Å². The highest BCUT2D eigenvalue weighted by atomic mass is 16.1. The first-order chi connectivity index (χ1) is 11.0. The molecule has 23 heavy (non-hydrogen) atoms. The molecule has 118 valence electrons. The average Bonchev–Trinajstić information content (AvgIpc) is 2.91. The summed E-state index contributed by atoms with van der Waals surface area (Å²) in [5.74, 6) is 0.518. The molecule has 0 bridgehead atoms. The van der Waals surface area contributed by atoms with Gasteiger partial charge in [0.2, 0.25) is 11.9 Å². The second-order valence-corrected chi connectivity index (χ2v) is 5.26. The molecule has 8 heteroatoms. The van der Waals surface area contributed by atoms with Crippen molar-refractivity contribution in [3.8, 4) is 0 Å². The molecule has 0 aliphatic carbocycles. The molecule has 0 unspecified atom stereocenters. The van der Waals surface area contributed by atoms with E-state index in [1.165, 1.54) is 0 Å². The number of fused-ring (bicyclic) bond motifs is 1. The SMILES string of the molecule is Cc1nc2nc(N)nn2c(C)c1CC(=O)NCc1cccnc1. The van der Waals surface area contributed by atoms with E-state index in [1.54, 1.807) is 16.9 Å². The number of carbonyl (C=O) groups excluding carboxylic acids is 1. The van der Waals surface area contributed by atoms with E-state index < -0.39 is 0 Å². The summed E-state index contributed by atoms with van der Waals surface area (Å²) in [7, 11) is 0. The van der Waals surface area contributed by atoms with Crippen LogP contribution in [0.15, 0.2) is 24.5 Å². The van der Waals surface area contributed by atoms with Gasteiger partial charge in [0.15, 0.2) is 0 Å². The van der Waals surface area contributed by atoms with Crippen LogP contribution in [-0.2, 0) is 17.8 Å². The Morgan fingerprint density at radius 3 is 2.91 bits per heavy atom. The zero-order valence-electron chi connectivity index (χ0n) is 12.9. The van der Waals surface area contributed by atoms with E-state index in [1.807, 2.05) is 26.0 Å². The molecule has 3 aromatic rings. The summed E-state index contributed by atoms with van der Waals surface area (Å²) >= 11 is 0. The number of nitrogens with two attached hydrogens (primary N) is 1. The van der Waals surface area contributed by atoms with Crippen molar-refractivity contribution in [2.45, 2.75) is 26.8 Å². The summed E-state index contributed by atoms with van der Waals surface area (Å²) in [6.45, 7) is 4.16. The summed E-state index contributed by atoms with van der Waals surface area (Å²) in [4.78, 5) is 24.6. The van der Waals surface area contributed by atoms with Crippen molar-refractivity contribution in [1.29, 1.82) is 0 Å². The van der Waals surface area contributed by atoms with Gasteiger partial charge in [-0.25, -0.2) is 4.98 Å². The Balaban J connectivity index is 1.76. The molecule has 3 heterocycles. The van der Waals surface area contributed by atoms with Crippen LogP contribution in [0.25, 0.3) is 5.78 Å². The first kappa shape index (κ1) is 14.9. The van der Waals surface area contributed by atoms with Gasteiger partial charge in [0.25, 0.3) is 5.78 Å². The number of hydrogen-bond acceptors (Lipinski definition) is 6. The number of carbonyl (C=O) groups is 1. The van der Waals surface area contributed by atoms with E-state index in [9.17, 15) is 4.79 Å². The summed E-state index contributed by atoms with van der Waals surface area (Å²) in [6.07, 6.45) is 3.64. The summed E-state index contributed by atoms with van der Waals surface area (Å²) in [5, 5.41) is 6.97. The Kier molecular flexibility index (Phi) is 3.88. The van der Waals surface area contributed by atoms with Crippen molar-refractivity contribution >= 4 is 17.6 Å². The fraction of sp³-hybridized carbons (Fsp3) is 0.267. The smallest absolute Gasteiger partial charge is 0.254 e. The fourth-order valence-electron chi connectivity index (χ4n) is 2.41. The number of nitrogens with zero attached hydrogens (tertiary/aromatic N) is 5. The Morgan fingerprint density at radius 1 is 1.35 bits per heavy atom. The topological polar surface area (TPSA) is 111 Å². The largest absolute Gasteiger partial charge is 0.366 e. The van der Waals surface area contributed by atoms with Crippen molar-refractivity contribution < 1.29 is 4.79 Å². The first-order valence-corrected chi connectivity index (χ1v) is 7.18. The van der Waals surface area contributed by atoms with Crippen LogP contribution in [0.3, 0.4) is 0 Å². The van der Waals surface area contributed by atoms with Crippen molar-refractivity contribution in [3.05, 3.63) is 47.0 Å². The van der Waals surface area contributed by atoms with Crippen LogP contribution in [-0.4, -0.2) is 30.5 Å². The van der Waals surface area contributed by atoms with Crippen molar-refractivity contribution in [2.24, 2.45) is 0 Å². The Hall–Kier alpha value is -3.03. The molecular weight excluding hydrogens is 294 g/mol. The standard InChI is InChI=1S/C15H17N7O/c1-9-12(10(2)22-15(19-9)20-14(16)21-22)6-13(23)18-8-11-4-3-5-17-7-11/h3-5,7H,6,8H2,1-2H3,(H2,16,21)(H,18,23).